The lowest BCUT2D eigenvalue weighted by Gasteiger charge is -2.19. The van der Waals surface area contributed by atoms with Crippen LogP contribution in [0.2, 0.25) is 0 Å². The first kappa shape index (κ1) is 11.8. The smallest absolute Gasteiger partial charge is 0.234 e. The van der Waals surface area contributed by atoms with Gasteiger partial charge in [-0.2, -0.15) is 0 Å². The minimum atomic E-state index is -0.541. The van der Waals surface area contributed by atoms with E-state index in [1.165, 1.54) is 0 Å². The van der Waals surface area contributed by atoms with Gasteiger partial charge in [-0.05, 0) is 31.4 Å². The minimum Gasteiger partial charge on any atom is -0.397 e. The van der Waals surface area contributed by atoms with E-state index in [1.54, 1.807) is 0 Å². The van der Waals surface area contributed by atoms with Crippen molar-refractivity contribution >= 4 is 23.0 Å². The van der Waals surface area contributed by atoms with Crippen LogP contribution < -0.4 is 16.8 Å². The standard InChI is InChI=1S/C13H19N3O/c1-6(2)9-10(15)8(14)5-7-11(9)16-12(17)13(7,3)4/h5-6H,14-15H2,1-4H3,(H,16,17). The summed E-state index contributed by atoms with van der Waals surface area (Å²) in [5.41, 5.74) is 15.3. The van der Waals surface area contributed by atoms with Gasteiger partial charge >= 0.3 is 0 Å². The van der Waals surface area contributed by atoms with E-state index in [-0.39, 0.29) is 11.8 Å². The number of hydrogen-bond donors (Lipinski definition) is 3. The second-order valence-corrected chi connectivity index (χ2v) is 5.45. The van der Waals surface area contributed by atoms with Crippen molar-refractivity contribution in [2.75, 3.05) is 16.8 Å². The van der Waals surface area contributed by atoms with E-state index < -0.39 is 5.41 Å². The number of fused-ring (bicyclic) bond motifs is 1. The number of anilines is 3. The van der Waals surface area contributed by atoms with Crippen LogP contribution in [0.5, 0.6) is 0 Å². The van der Waals surface area contributed by atoms with Crippen LogP contribution in [0, 0.1) is 0 Å². The third kappa shape index (κ3) is 1.47. The van der Waals surface area contributed by atoms with Crippen LogP contribution >= 0.6 is 0 Å². The molecule has 1 aliphatic heterocycles. The number of nitrogens with one attached hydrogen (secondary N) is 1. The lowest BCUT2D eigenvalue weighted by Crippen LogP contribution is -2.26. The number of rotatable bonds is 1. The maximum absolute atomic E-state index is 12.0. The van der Waals surface area contributed by atoms with Crippen molar-refractivity contribution < 1.29 is 4.79 Å². The van der Waals surface area contributed by atoms with Gasteiger partial charge in [0.2, 0.25) is 5.91 Å². The van der Waals surface area contributed by atoms with Crippen molar-refractivity contribution in [3.8, 4) is 0 Å². The number of nitrogen functional groups attached to an aromatic ring is 2. The molecule has 1 aromatic rings. The zero-order valence-corrected chi connectivity index (χ0v) is 10.7. The molecule has 0 atom stereocenters. The fraction of sp³-hybridized carbons (Fsp3) is 0.462. The van der Waals surface area contributed by atoms with Gasteiger partial charge in [-0.1, -0.05) is 13.8 Å². The highest BCUT2D eigenvalue weighted by molar-refractivity contribution is 6.08. The van der Waals surface area contributed by atoms with Crippen molar-refractivity contribution in [1.82, 2.24) is 0 Å². The highest BCUT2D eigenvalue weighted by atomic mass is 16.2. The largest absolute Gasteiger partial charge is 0.397 e. The molecule has 0 aliphatic carbocycles. The van der Waals surface area contributed by atoms with Crippen molar-refractivity contribution in [1.29, 1.82) is 0 Å². The van der Waals surface area contributed by atoms with Gasteiger partial charge in [0.15, 0.2) is 0 Å². The minimum absolute atomic E-state index is 0.000556. The third-order valence-electron chi connectivity index (χ3n) is 3.50. The summed E-state index contributed by atoms with van der Waals surface area (Å²) in [5.74, 6) is 0.223. The lowest BCUT2D eigenvalue weighted by atomic mass is 9.83. The molecule has 0 unspecified atom stereocenters. The van der Waals surface area contributed by atoms with Crippen molar-refractivity contribution in [2.45, 2.75) is 39.0 Å². The van der Waals surface area contributed by atoms with Gasteiger partial charge in [-0.3, -0.25) is 4.79 Å². The fourth-order valence-electron chi connectivity index (χ4n) is 2.36. The summed E-state index contributed by atoms with van der Waals surface area (Å²) < 4.78 is 0. The van der Waals surface area contributed by atoms with E-state index in [0.29, 0.717) is 11.4 Å². The summed E-state index contributed by atoms with van der Waals surface area (Å²) in [6.45, 7) is 7.88. The Kier molecular flexibility index (Phi) is 2.35. The number of carbonyl (C=O) groups excluding carboxylic acids is 1. The SMILES string of the molecule is CC(C)c1c(N)c(N)cc2c1NC(=O)C2(C)C. The van der Waals surface area contributed by atoms with Crippen LogP contribution in [0.4, 0.5) is 17.1 Å². The zero-order valence-electron chi connectivity index (χ0n) is 10.7. The molecular formula is C13H19N3O. The number of benzene rings is 1. The third-order valence-corrected chi connectivity index (χ3v) is 3.50. The van der Waals surface area contributed by atoms with E-state index in [9.17, 15) is 4.79 Å². The molecule has 0 spiro atoms. The monoisotopic (exact) mass is 233 g/mol. The first-order valence-corrected chi connectivity index (χ1v) is 5.80. The molecule has 0 aromatic heterocycles. The molecule has 1 heterocycles. The quantitative estimate of drug-likeness (QED) is 0.650. The Hall–Kier alpha value is -1.71. The molecular weight excluding hydrogens is 214 g/mol. The van der Waals surface area contributed by atoms with Crippen LogP contribution in [0.15, 0.2) is 6.07 Å². The summed E-state index contributed by atoms with van der Waals surface area (Å²) in [7, 11) is 0. The van der Waals surface area contributed by atoms with Crippen LogP contribution in [-0.2, 0) is 10.2 Å². The molecule has 0 saturated heterocycles. The highest BCUT2D eigenvalue weighted by Gasteiger charge is 2.40. The number of carbonyl (C=O) groups is 1. The highest BCUT2D eigenvalue weighted by Crippen LogP contribution is 2.46. The molecule has 1 aliphatic rings. The summed E-state index contributed by atoms with van der Waals surface area (Å²) >= 11 is 0. The van der Waals surface area contributed by atoms with E-state index in [1.807, 2.05) is 33.8 Å². The summed E-state index contributed by atoms with van der Waals surface area (Å²) in [6.07, 6.45) is 0. The summed E-state index contributed by atoms with van der Waals surface area (Å²) in [5, 5.41) is 2.93. The van der Waals surface area contributed by atoms with Crippen molar-refractivity contribution in [3.63, 3.8) is 0 Å². The van der Waals surface area contributed by atoms with Crippen molar-refractivity contribution in [2.24, 2.45) is 0 Å². The fourth-order valence-corrected chi connectivity index (χ4v) is 2.36. The molecule has 0 fully saturated rings. The Labute approximate surface area is 101 Å². The van der Waals surface area contributed by atoms with Crippen molar-refractivity contribution in [3.05, 3.63) is 17.2 Å². The predicted molar refractivity (Wildman–Crippen MR) is 71.0 cm³/mol. The number of amides is 1. The normalized spacial score (nSPS) is 17.1. The molecule has 5 N–H and O–H groups in total. The Morgan fingerprint density at radius 3 is 2.41 bits per heavy atom. The van der Waals surface area contributed by atoms with Gasteiger partial charge in [0.25, 0.3) is 0 Å². The van der Waals surface area contributed by atoms with Gasteiger partial charge in [-0.15, -0.1) is 0 Å². The number of hydrogen-bond acceptors (Lipinski definition) is 3. The van der Waals surface area contributed by atoms with Crippen LogP contribution in [-0.4, -0.2) is 5.91 Å². The lowest BCUT2D eigenvalue weighted by molar-refractivity contribution is -0.119. The second kappa shape index (κ2) is 3.39. The Morgan fingerprint density at radius 2 is 1.88 bits per heavy atom. The van der Waals surface area contributed by atoms with E-state index in [4.69, 9.17) is 11.5 Å². The summed E-state index contributed by atoms with van der Waals surface area (Å²) in [6, 6.07) is 1.81. The molecule has 92 valence electrons. The zero-order chi connectivity index (χ0) is 13.0. The van der Waals surface area contributed by atoms with Crippen LogP contribution in [0.3, 0.4) is 0 Å². The molecule has 0 radical (unpaired) electrons. The first-order valence-electron chi connectivity index (χ1n) is 5.80. The van der Waals surface area contributed by atoms with Gasteiger partial charge in [0, 0.05) is 5.56 Å². The average molecular weight is 233 g/mol. The maximum atomic E-state index is 12.0. The molecule has 0 bridgehead atoms. The van der Waals surface area contributed by atoms with E-state index in [2.05, 4.69) is 5.32 Å². The van der Waals surface area contributed by atoms with E-state index >= 15 is 0 Å². The first-order chi connectivity index (χ1) is 7.76. The predicted octanol–water partition coefficient (Wildman–Crippen LogP) is 2.20. The van der Waals surface area contributed by atoms with Crippen LogP contribution in [0.25, 0.3) is 0 Å². The average Bonchev–Trinajstić information content (AvgIpc) is 2.41. The van der Waals surface area contributed by atoms with Crippen LogP contribution in [0.1, 0.15) is 44.7 Å². The molecule has 4 heteroatoms. The molecule has 4 nitrogen and oxygen atoms in total. The van der Waals surface area contributed by atoms with E-state index in [0.717, 1.165) is 16.8 Å². The molecule has 0 saturated carbocycles. The topological polar surface area (TPSA) is 81.1 Å². The molecule has 1 aromatic carbocycles. The second-order valence-electron chi connectivity index (χ2n) is 5.45. The molecule has 17 heavy (non-hydrogen) atoms. The Morgan fingerprint density at radius 1 is 1.29 bits per heavy atom. The Bertz CT molecular complexity index is 504. The maximum Gasteiger partial charge on any atom is 0.234 e. The van der Waals surface area contributed by atoms with Gasteiger partial charge in [0.05, 0.1) is 22.5 Å². The molecule has 2 rings (SSSR count). The van der Waals surface area contributed by atoms with Gasteiger partial charge < -0.3 is 16.8 Å². The van der Waals surface area contributed by atoms with Gasteiger partial charge in [0.1, 0.15) is 0 Å². The summed E-state index contributed by atoms with van der Waals surface area (Å²) in [4.78, 5) is 12.0. The molecule has 1 amide bonds. The van der Waals surface area contributed by atoms with Gasteiger partial charge in [-0.25, -0.2) is 0 Å². The number of nitrogens with two attached hydrogens (primary N) is 2. The Balaban J connectivity index is 2.78.